The quantitative estimate of drug-likeness (QED) is 0.838. The van der Waals surface area contributed by atoms with Gasteiger partial charge in [-0.3, -0.25) is 9.59 Å². The van der Waals surface area contributed by atoms with Crippen LogP contribution in [0, 0.1) is 5.41 Å². The van der Waals surface area contributed by atoms with Crippen molar-refractivity contribution in [1.82, 2.24) is 10.2 Å². The third-order valence-electron chi connectivity index (χ3n) is 5.70. The topological polar surface area (TPSA) is 49.4 Å². The average Bonchev–Trinajstić information content (AvgIpc) is 3.24. The number of thiophene rings is 1. The van der Waals surface area contributed by atoms with Crippen LogP contribution < -0.4 is 5.32 Å². The summed E-state index contributed by atoms with van der Waals surface area (Å²) < 4.78 is 0. The summed E-state index contributed by atoms with van der Waals surface area (Å²) in [6, 6.07) is 12.0. The first-order valence-corrected chi connectivity index (χ1v) is 10.5. The highest BCUT2D eigenvalue weighted by molar-refractivity contribution is 7.08. The van der Waals surface area contributed by atoms with Gasteiger partial charge in [-0.2, -0.15) is 11.3 Å². The molecular weight excluding hydrogens is 356 g/mol. The predicted molar refractivity (Wildman–Crippen MR) is 107 cm³/mol. The van der Waals surface area contributed by atoms with Crippen molar-refractivity contribution in [1.29, 1.82) is 0 Å². The van der Waals surface area contributed by atoms with Crippen LogP contribution in [0.5, 0.6) is 0 Å². The highest BCUT2D eigenvalue weighted by Gasteiger charge is 2.44. The van der Waals surface area contributed by atoms with Crippen LogP contribution in [0.25, 0.3) is 0 Å². The van der Waals surface area contributed by atoms with Crippen molar-refractivity contribution in [3.63, 3.8) is 0 Å². The van der Waals surface area contributed by atoms with Crippen molar-refractivity contribution in [3.05, 3.63) is 70.1 Å². The molecule has 0 saturated carbocycles. The number of fused-ring (bicyclic) bond motifs is 1. The minimum Gasteiger partial charge on any atom is -0.351 e. The molecule has 2 aromatic rings. The van der Waals surface area contributed by atoms with E-state index in [1.807, 2.05) is 39.9 Å². The summed E-state index contributed by atoms with van der Waals surface area (Å²) in [5, 5.41) is 6.92. The van der Waals surface area contributed by atoms with E-state index in [4.69, 9.17) is 0 Å². The Labute approximate surface area is 163 Å². The Kier molecular flexibility index (Phi) is 5.12. The van der Waals surface area contributed by atoms with Gasteiger partial charge in [0.2, 0.25) is 5.91 Å². The van der Waals surface area contributed by atoms with Crippen LogP contribution in [0.4, 0.5) is 0 Å². The Bertz CT molecular complexity index is 844. The molecule has 0 radical (unpaired) electrons. The molecule has 2 aliphatic rings. The number of hydrogen-bond acceptors (Lipinski definition) is 3. The van der Waals surface area contributed by atoms with Crippen molar-refractivity contribution < 1.29 is 9.59 Å². The second-order valence-corrected chi connectivity index (χ2v) is 8.20. The highest BCUT2D eigenvalue weighted by Crippen LogP contribution is 2.46. The van der Waals surface area contributed by atoms with Gasteiger partial charge < -0.3 is 10.2 Å². The molecule has 1 unspecified atom stereocenters. The molecule has 2 heterocycles. The summed E-state index contributed by atoms with van der Waals surface area (Å²) in [6.07, 6.45) is 6.69. The molecule has 1 atom stereocenters. The second kappa shape index (κ2) is 7.69. The van der Waals surface area contributed by atoms with Crippen molar-refractivity contribution in [3.8, 4) is 0 Å². The summed E-state index contributed by atoms with van der Waals surface area (Å²) in [4.78, 5) is 27.1. The molecule has 4 nitrogen and oxygen atoms in total. The first-order valence-electron chi connectivity index (χ1n) is 9.53. The van der Waals surface area contributed by atoms with Crippen LogP contribution in [0.2, 0.25) is 0 Å². The number of nitrogens with zero attached hydrogens (tertiary/aromatic N) is 1. The molecule has 1 aliphatic carbocycles. The lowest BCUT2D eigenvalue weighted by Gasteiger charge is -2.47. The van der Waals surface area contributed by atoms with Gasteiger partial charge in [-0.15, -0.1) is 0 Å². The number of carbonyl (C=O) groups excluding carboxylic acids is 2. The highest BCUT2D eigenvalue weighted by atomic mass is 32.1. The van der Waals surface area contributed by atoms with Gasteiger partial charge in [0.15, 0.2) is 0 Å². The number of carbonyl (C=O) groups is 2. The van der Waals surface area contributed by atoms with Gasteiger partial charge in [0.25, 0.3) is 5.91 Å². The van der Waals surface area contributed by atoms with Crippen LogP contribution in [-0.2, 0) is 11.3 Å². The number of nitrogens with one attached hydrogen (secondary N) is 1. The Hall–Kier alpha value is -2.40. The van der Waals surface area contributed by atoms with Gasteiger partial charge in [0.1, 0.15) is 0 Å². The monoisotopic (exact) mass is 380 g/mol. The number of rotatable bonds is 5. The summed E-state index contributed by atoms with van der Waals surface area (Å²) in [5.41, 5.74) is 2.83. The molecule has 1 fully saturated rings. The molecule has 0 spiro atoms. The van der Waals surface area contributed by atoms with E-state index in [1.54, 1.807) is 0 Å². The normalized spacial score (nSPS) is 22.1. The summed E-state index contributed by atoms with van der Waals surface area (Å²) in [5.74, 6) is 0.161. The number of piperidine rings is 1. The van der Waals surface area contributed by atoms with Crippen LogP contribution in [0.1, 0.15) is 48.0 Å². The van der Waals surface area contributed by atoms with Crippen molar-refractivity contribution in [2.45, 2.75) is 38.6 Å². The standard InChI is InChI=1S/C22H24N2O2S/c25-20-9-12-22(16-23-21(26)18-10-13-27-15-18)11-5-4-8-19(22)24(20)14-17-6-2-1-3-7-17/h1-3,6-8,10,13,15H,4-5,9,11-12,14,16H2,(H,23,26). The molecule has 1 N–H and O–H groups in total. The van der Waals surface area contributed by atoms with Crippen molar-refractivity contribution in [2.24, 2.45) is 5.41 Å². The lowest BCUT2D eigenvalue weighted by molar-refractivity contribution is -0.134. The number of likely N-dealkylation sites (tertiary alicyclic amines) is 1. The van der Waals surface area contributed by atoms with E-state index in [-0.39, 0.29) is 17.2 Å². The third-order valence-corrected chi connectivity index (χ3v) is 6.39. The molecule has 1 aliphatic heterocycles. The minimum atomic E-state index is -0.132. The van der Waals surface area contributed by atoms with E-state index in [9.17, 15) is 9.59 Å². The number of hydrogen-bond donors (Lipinski definition) is 1. The first-order chi connectivity index (χ1) is 13.2. The lowest BCUT2D eigenvalue weighted by Crippen LogP contribution is -2.50. The maximum absolute atomic E-state index is 12.7. The van der Waals surface area contributed by atoms with Gasteiger partial charge in [0, 0.05) is 35.0 Å². The SMILES string of the molecule is O=C(NCC12CCCC=C1N(Cc1ccccc1)C(=O)CC2)c1ccsc1. The number of amides is 2. The molecular formula is C22H24N2O2S. The Morgan fingerprint density at radius 1 is 1.19 bits per heavy atom. The molecule has 5 heteroatoms. The number of benzene rings is 1. The smallest absolute Gasteiger partial charge is 0.252 e. The minimum absolute atomic E-state index is 0.0259. The average molecular weight is 381 g/mol. The van der Waals surface area contributed by atoms with E-state index < -0.39 is 0 Å². The van der Waals surface area contributed by atoms with E-state index in [1.165, 1.54) is 11.3 Å². The number of allylic oxidation sites excluding steroid dienone is 1. The third kappa shape index (κ3) is 3.69. The summed E-state index contributed by atoms with van der Waals surface area (Å²) in [7, 11) is 0. The van der Waals surface area contributed by atoms with Gasteiger partial charge >= 0.3 is 0 Å². The molecule has 4 rings (SSSR count). The van der Waals surface area contributed by atoms with Gasteiger partial charge in [-0.25, -0.2) is 0 Å². The fraction of sp³-hybridized carbons (Fsp3) is 0.364. The Morgan fingerprint density at radius 2 is 2.04 bits per heavy atom. The molecule has 1 aromatic heterocycles. The zero-order valence-electron chi connectivity index (χ0n) is 15.3. The molecule has 1 aromatic carbocycles. The summed E-state index contributed by atoms with van der Waals surface area (Å²) in [6.45, 7) is 1.19. The fourth-order valence-electron chi connectivity index (χ4n) is 4.24. The van der Waals surface area contributed by atoms with E-state index >= 15 is 0 Å². The fourth-order valence-corrected chi connectivity index (χ4v) is 4.88. The molecule has 2 amide bonds. The van der Waals surface area contributed by atoms with Gasteiger partial charge in [-0.1, -0.05) is 36.4 Å². The van der Waals surface area contributed by atoms with Gasteiger partial charge in [-0.05, 0) is 42.7 Å². The van der Waals surface area contributed by atoms with Crippen LogP contribution in [0.15, 0.2) is 58.9 Å². The second-order valence-electron chi connectivity index (χ2n) is 7.42. The predicted octanol–water partition coefficient (Wildman–Crippen LogP) is 4.35. The first kappa shape index (κ1) is 18.0. The maximum Gasteiger partial charge on any atom is 0.252 e. The van der Waals surface area contributed by atoms with E-state index in [0.717, 1.165) is 36.9 Å². The maximum atomic E-state index is 12.7. The van der Waals surface area contributed by atoms with Crippen molar-refractivity contribution in [2.75, 3.05) is 6.54 Å². The molecule has 1 saturated heterocycles. The van der Waals surface area contributed by atoms with E-state index in [2.05, 4.69) is 23.5 Å². The largest absolute Gasteiger partial charge is 0.351 e. The van der Waals surface area contributed by atoms with E-state index in [0.29, 0.717) is 25.1 Å². The van der Waals surface area contributed by atoms with Crippen LogP contribution in [0.3, 0.4) is 0 Å². The Morgan fingerprint density at radius 3 is 2.81 bits per heavy atom. The zero-order chi connectivity index (χ0) is 18.7. The molecule has 0 bridgehead atoms. The van der Waals surface area contributed by atoms with Gasteiger partial charge in [0.05, 0.1) is 6.54 Å². The summed E-state index contributed by atoms with van der Waals surface area (Å²) >= 11 is 1.53. The molecule has 140 valence electrons. The lowest BCUT2D eigenvalue weighted by atomic mass is 9.69. The van der Waals surface area contributed by atoms with Crippen molar-refractivity contribution >= 4 is 23.2 Å². The zero-order valence-corrected chi connectivity index (χ0v) is 16.1. The Balaban J connectivity index is 1.55. The van der Waals surface area contributed by atoms with Crippen LogP contribution in [-0.4, -0.2) is 23.3 Å². The molecule has 27 heavy (non-hydrogen) atoms. The van der Waals surface area contributed by atoms with Crippen LogP contribution >= 0.6 is 11.3 Å².